The van der Waals surface area contributed by atoms with Gasteiger partial charge >= 0.3 is 0 Å². The van der Waals surface area contributed by atoms with Gasteiger partial charge in [-0.3, -0.25) is 4.98 Å². The highest BCUT2D eigenvalue weighted by atomic mass is 35.5. The van der Waals surface area contributed by atoms with Crippen molar-refractivity contribution in [3.05, 3.63) is 63.9 Å². The third kappa shape index (κ3) is 4.20. The molecule has 2 nitrogen and oxygen atoms in total. The largest absolute Gasteiger partial charge is 0.308 e. The van der Waals surface area contributed by atoms with E-state index < -0.39 is 0 Å². The van der Waals surface area contributed by atoms with Crippen molar-refractivity contribution < 1.29 is 0 Å². The molecule has 0 aliphatic heterocycles. The highest BCUT2D eigenvalue weighted by molar-refractivity contribution is 6.42. The van der Waals surface area contributed by atoms with Crippen LogP contribution in [0.1, 0.15) is 30.6 Å². The van der Waals surface area contributed by atoms with Crippen LogP contribution in [0.3, 0.4) is 0 Å². The van der Waals surface area contributed by atoms with Gasteiger partial charge < -0.3 is 5.32 Å². The Labute approximate surface area is 130 Å². The van der Waals surface area contributed by atoms with Gasteiger partial charge in [-0.25, -0.2) is 0 Å². The van der Waals surface area contributed by atoms with Crippen LogP contribution >= 0.6 is 23.2 Å². The number of halogens is 2. The highest BCUT2D eigenvalue weighted by Crippen LogP contribution is 2.25. The molecule has 1 N–H and O–H groups in total. The first-order chi connectivity index (χ1) is 9.70. The van der Waals surface area contributed by atoms with E-state index in [4.69, 9.17) is 23.2 Å². The quantitative estimate of drug-likeness (QED) is 0.838. The molecule has 106 valence electrons. The minimum Gasteiger partial charge on any atom is -0.308 e. The van der Waals surface area contributed by atoms with Crippen molar-refractivity contribution in [2.45, 2.75) is 25.8 Å². The molecule has 0 saturated heterocycles. The molecule has 0 saturated carbocycles. The van der Waals surface area contributed by atoms with Crippen LogP contribution in [0.15, 0.2) is 42.6 Å². The van der Waals surface area contributed by atoms with E-state index in [0.717, 1.165) is 30.6 Å². The number of benzene rings is 1. The molecule has 0 fully saturated rings. The van der Waals surface area contributed by atoms with E-state index in [2.05, 4.69) is 17.2 Å². The predicted molar refractivity (Wildman–Crippen MR) is 85.4 cm³/mol. The van der Waals surface area contributed by atoms with E-state index in [1.54, 1.807) is 0 Å². The molecule has 1 unspecified atom stereocenters. The highest BCUT2D eigenvalue weighted by Gasteiger charge is 2.13. The van der Waals surface area contributed by atoms with Gasteiger partial charge in [0.1, 0.15) is 0 Å². The van der Waals surface area contributed by atoms with Crippen molar-refractivity contribution in [3.8, 4) is 0 Å². The first-order valence-electron chi connectivity index (χ1n) is 6.79. The van der Waals surface area contributed by atoms with E-state index >= 15 is 0 Å². The maximum atomic E-state index is 6.08. The van der Waals surface area contributed by atoms with Crippen LogP contribution < -0.4 is 5.32 Å². The fourth-order valence-corrected chi connectivity index (χ4v) is 2.40. The molecule has 0 amide bonds. The molecule has 0 aliphatic rings. The topological polar surface area (TPSA) is 24.9 Å². The molecule has 1 aromatic carbocycles. The molecule has 2 aromatic rings. The summed E-state index contributed by atoms with van der Waals surface area (Å²) in [4.78, 5) is 4.45. The fourth-order valence-electron chi connectivity index (χ4n) is 2.08. The summed E-state index contributed by atoms with van der Waals surface area (Å²) in [6.45, 7) is 3.12. The Morgan fingerprint density at radius 2 is 2.00 bits per heavy atom. The van der Waals surface area contributed by atoms with Crippen LogP contribution in [0.25, 0.3) is 0 Å². The standard InChI is InChI=1S/C16H18Cl2N2/c1-2-8-19-16(15-5-3-4-9-20-15)11-12-6-7-13(17)14(18)10-12/h3-7,9-10,16,19H,2,8,11H2,1H3. The van der Waals surface area contributed by atoms with Gasteiger partial charge in [-0.15, -0.1) is 0 Å². The van der Waals surface area contributed by atoms with Crippen molar-refractivity contribution >= 4 is 23.2 Å². The molecule has 0 aliphatic carbocycles. The summed E-state index contributed by atoms with van der Waals surface area (Å²) in [7, 11) is 0. The van der Waals surface area contributed by atoms with E-state index in [9.17, 15) is 0 Å². The normalized spacial score (nSPS) is 12.3. The number of aromatic nitrogens is 1. The molecule has 0 radical (unpaired) electrons. The van der Waals surface area contributed by atoms with Crippen LogP contribution in [0.4, 0.5) is 0 Å². The molecule has 20 heavy (non-hydrogen) atoms. The minimum atomic E-state index is 0.188. The maximum absolute atomic E-state index is 6.08. The number of hydrogen-bond donors (Lipinski definition) is 1. The Hall–Kier alpha value is -1.09. The second kappa shape index (κ2) is 7.63. The summed E-state index contributed by atoms with van der Waals surface area (Å²) in [6, 6.07) is 12.0. The second-order valence-electron chi connectivity index (χ2n) is 4.71. The Balaban J connectivity index is 2.17. The van der Waals surface area contributed by atoms with Gasteiger partial charge in [-0.1, -0.05) is 42.3 Å². The number of pyridine rings is 1. The zero-order valence-corrected chi connectivity index (χ0v) is 13.0. The van der Waals surface area contributed by atoms with Crippen LogP contribution in [0.2, 0.25) is 10.0 Å². The van der Waals surface area contributed by atoms with Gasteiger partial charge in [0.25, 0.3) is 0 Å². The average molecular weight is 309 g/mol. The number of nitrogens with one attached hydrogen (secondary N) is 1. The molecule has 0 spiro atoms. The smallest absolute Gasteiger partial charge is 0.0595 e. The summed E-state index contributed by atoms with van der Waals surface area (Å²) < 4.78 is 0. The molecule has 4 heteroatoms. The Morgan fingerprint density at radius 1 is 1.15 bits per heavy atom. The van der Waals surface area contributed by atoms with Gasteiger partial charge in [0.05, 0.1) is 21.8 Å². The fraction of sp³-hybridized carbons (Fsp3) is 0.312. The Kier molecular flexibility index (Phi) is 5.84. The summed E-state index contributed by atoms with van der Waals surface area (Å²) in [5, 5.41) is 4.72. The van der Waals surface area contributed by atoms with Crippen molar-refractivity contribution in [3.63, 3.8) is 0 Å². The predicted octanol–water partition coefficient (Wildman–Crippen LogP) is 4.67. The lowest BCUT2D eigenvalue weighted by atomic mass is 10.0. The van der Waals surface area contributed by atoms with Gasteiger partial charge in [0, 0.05) is 6.20 Å². The van der Waals surface area contributed by atoms with Gasteiger partial charge in [0.15, 0.2) is 0 Å². The van der Waals surface area contributed by atoms with E-state index in [1.165, 1.54) is 0 Å². The van der Waals surface area contributed by atoms with E-state index in [-0.39, 0.29) is 6.04 Å². The zero-order valence-electron chi connectivity index (χ0n) is 11.4. The zero-order chi connectivity index (χ0) is 14.4. The Morgan fingerprint density at radius 3 is 2.65 bits per heavy atom. The lowest BCUT2D eigenvalue weighted by Gasteiger charge is -2.18. The maximum Gasteiger partial charge on any atom is 0.0595 e. The monoisotopic (exact) mass is 308 g/mol. The van der Waals surface area contributed by atoms with Crippen LogP contribution in [-0.4, -0.2) is 11.5 Å². The van der Waals surface area contributed by atoms with E-state index in [1.807, 2.05) is 42.6 Å². The summed E-state index contributed by atoms with van der Waals surface area (Å²) in [5.41, 5.74) is 2.20. The molecular formula is C16H18Cl2N2. The summed E-state index contributed by atoms with van der Waals surface area (Å²) in [6.07, 6.45) is 3.75. The van der Waals surface area contributed by atoms with Gasteiger partial charge in [-0.2, -0.15) is 0 Å². The molecule has 1 aromatic heterocycles. The first-order valence-corrected chi connectivity index (χ1v) is 7.54. The third-order valence-electron chi connectivity index (χ3n) is 3.11. The van der Waals surface area contributed by atoms with Gasteiger partial charge in [-0.05, 0) is 49.2 Å². The third-order valence-corrected chi connectivity index (χ3v) is 3.85. The van der Waals surface area contributed by atoms with Crippen molar-refractivity contribution in [1.29, 1.82) is 0 Å². The van der Waals surface area contributed by atoms with Crippen LogP contribution in [0.5, 0.6) is 0 Å². The summed E-state index contributed by atoms with van der Waals surface area (Å²) in [5.74, 6) is 0. The summed E-state index contributed by atoms with van der Waals surface area (Å²) >= 11 is 12.0. The first kappa shape index (κ1) is 15.3. The number of hydrogen-bond acceptors (Lipinski definition) is 2. The van der Waals surface area contributed by atoms with Crippen molar-refractivity contribution in [1.82, 2.24) is 10.3 Å². The van der Waals surface area contributed by atoms with E-state index in [0.29, 0.717) is 10.0 Å². The number of nitrogens with zero attached hydrogens (tertiary/aromatic N) is 1. The molecular weight excluding hydrogens is 291 g/mol. The van der Waals surface area contributed by atoms with Crippen molar-refractivity contribution in [2.24, 2.45) is 0 Å². The lowest BCUT2D eigenvalue weighted by Crippen LogP contribution is -2.24. The van der Waals surface area contributed by atoms with Crippen molar-refractivity contribution in [2.75, 3.05) is 6.54 Å². The average Bonchev–Trinajstić information content (AvgIpc) is 2.48. The lowest BCUT2D eigenvalue weighted by molar-refractivity contribution is 0.518. The minimum absolute atomic E-state index is 0.188. The second-order valence-corrected chi connectivity index (χ2v) is 5.53. The van der Waals surface area contributed by atoms with Crippen LogP contribution in [-0.2, 0) is 6.42 Å². The Bertz CT molecular complexity index is 543. The molecule has 1 atom stereocenters. The molecule has 0 bridgehead atoms. The molecule has 1 heterocycles. The number of rotatable bonds is 6. The molecule has 2 rings (SSSR count). The van der Waals surface area contributed by atoms with Crippen LogP contribution in [0, 0.1) is 0 Å². The van der Waals surface area contributed by atoms with Gasteiger partial charge in [0.2, 0.25) is 0 Å². The SMILES string of the molecule is CCCNC(Cc1ccc(Cl)c(Cl)c1)c1ccccn1.